The average Bonchev–Trinajstić information content (AvgIpc) is 2.40. The molecule has 0 heterocycles. The number of ether oxygens (including phenoxy) is 1. The third kappa shape index (κ3) is 3.13. The quantitative estimate of drug-likeness (QED) is 0.452. The molecule has 1 saturated carbocycles. The molecule has 1 aromatic carbocycles. The first-order chi connectivity index (χ1) is 8.81. The number of carbonyl (C=O) groups is 1. The van der Waals surface area contributed by atoms with E-state index in [1.165, 1.54) is 12.0 Å². The molecule has 1 aromatic rings. The monoisotopic (exact) mass is 242 g/mol. The van der Waals surface area contributed by atoms with Gasteiger partial charge in [-0.1, -0.05) is 42.7 Å². The van der Waals surface area contributed by atoms with Crippen molar-refractivity contribution in [3.05, 3.63) is 35.9 Å². The zero-order chi connectivity index (χ0) is 12.8. The van der Waals surface area contributed by atoms with Crippen molar-refractivity contribution in [3.8, 4) is 11.8 Å². The third-order valence-electron chi connectivity index (χ3n) is 3.42. The Bertz CT molecular complexity index is 453. The largest absolute Gasteiger partial charge is 0.452 e. The SMILES string of the molecule is CC#CC(=O)O[C@H]1CCCC[C@@H]1c1ccccc1. The Morgan fingerprint density at radius 2 is 1.94 bits per heavy atom. The maximum atomic E-state index is 11.5. The molecule has 0 spiro atoms. The van der Waals surface area contributed by atoms with Crippen molar-refractivity contribution >= 4 is 5.97 Å². The second-order valence-electron chi connectivity index (χ2n) is 4.62. The molecule has 0 aromatic heterocycles. The fourth-order valence-corrected chi connectivity index (χ4v) is 2.59. The second kappa shape index (κ2) is 6.26. The minimum absolute atomic E-state index is 0.0190. The van der Waals surface area contributed by atoms with E-state index in [2.05, 4.69) is 24.0 Å². The highest BCUT2D eigenvalue weighted by molar-refractivity contribution is 5.88. The van der Waals surface area contributed by atoms with Crippen LogP contribution in [-0.2, 0) is 9.53 Å². The summed E-state index contributed by atoms with van der Waals surface area (Å²) < 4.78 is 5.49. The number of carbonyl (C=O) groups excluding carboxylic acids is 1. The van der Waals surface area contributed by atoms with Gasteiger partial charge in [0, 0.05) is 11.8 Å². The van der Waals surface area contributed by atoms with E-state index in [1.807, 2.05) is 18.2 Å². The van der Waals surface area contributed by atoms with Crippen molar-refractivity contribution in [1.82, 2.24) is 0 Å². The average molecular weight is 242 g/mol. The van der Waals surface area contributed by atoms with Crippen LogP contribution in [0.1, 0.15) is 44.1 Å². The summed E-state index contributed by atoms with van der Waals surface area (Å²) in [5, 5.41) is 0. The number of benzene rings is 1. The fraction of sp³-hybridized carbons (Fsp3) is 0.438. The Labute approximate surface area is 108 Å². The molecule has 0 bridgehead atoms. The molecule has 0 aliphatic heterocycles. The third-order valence-corrected chi connectivity index (χ3v) is 3.42. The molecule has 94 valence electrons. The molecule has 2 heteroatoms. The molecule has 0 unspecified atom stereocenters. The Morgan fingerprint density at radius 3 is 2.67 bits per heavy atom. The van der Waals surface area contributed by atoms with Gasteiger partial charge >= 0.3 is 5.97 Å². The molecule has 2 rings (SSSR count). The molecule has 18 heavy (non-hydrogen) atoms. The van der Waals surface area contributed by atoms with E-state index in [0.717, 1.165) is 19.3 Å². The van der Waals surface area contributed by atoms with Crippen LogP contribution in [0.3, 0.4) is 0 Å². The molecule has 1 aliphatic carbocycles. The van der Waals surface area contributed by atoms with E-state index in [1.54, 1.807) is 6.92 Å². The normalized spacial score (nSPS) is 22.7. The minimum Gasteiger partial charge on any atom is -0.452 e. The van der Waals surface area contributed by atoms with Crippen LogP contribution in [0.25, 0.3) is 0 Å². The summed E-state index contributed by atoms with van der Waals surface area (Å²) in [5.41, 5.74) is 1.26. The number of esters is 1. The first-order valence-electron chi connectivity index (χ1n) is 6.49. The molecular weight excluding hydrogens is 224 g/mol. The van der Waals surface area contributed by atoms with Gasteiger partial charge in [-0.2, -0.15) is 0 Å². The van der Waals surface area contributed by atoms with Crippen LogP contribution in [0.5, 0.6) is 0 Å². The topological polar surface area (TPSA) is 26.3 Å². The lowest BCUT2D eigenvalue weighted by molar-refractivity contribution is -0.144. The Morgan fingerprint density at radius 1 is 1.22 bits per heavy atom. The van der Waals surface area contributed by atoms with Crippen LogP contribution in [0.2, 0.25) is 0 Å². The summed E-state index contributed by atoms with van der Waals surface area (Å²) >= 11 is 0. The van der Waals surface area contributed by atoms with Crippen LogP contribution >= 0.6 is 0 Å². The van der Waals surface area contributed by atoms with Crippen LogP contribution in [0.4, 0.5) is 0 Å². The van der Waals surface area contributed by atoms with Crippen LogP contribution in [-0.4, -0.2) is 12.1 Å². The highest BCUT2D eigenvalue weighted by Crippen LogP contribution is 2.34. The molecule has 0 N–H and O–H groups in total. The van der Waals surface area contributed by atoms with Gasteiger partial charge in [-0.25, -0.2) is 4.79 Å². The smallest absolute Gasteiger partial charge is 0.384 e. The van der Waals surface area contributed by atoms with Crippen molar-refractivity contribution in [2.45, 2.75) is 44.6 Å². The summed E-state index contributed by atoms with van der Waals surface area (Å²) in [6.45, 7) is 1.65. The summed E-state index contributed by atoms with van der Waals surface area (Å²) in [7, 11) is 0. The molecule has 1 aliphatic rings. The molecule has 0 amide bonds. The van der Waals surface area contributed by atoms with Gasteiger partial charge < -0.3 is 4.74 Å². The molecular formula is C16H18O2. The zero-order valence-electron chi connectivity index (χ0n) is 10.7. The van der Waals surface area contributed by atoms with Gasteiger partial charge in [0.2, 0.25) is 0 Å². The van der Waals surface area contributed by atoms with Gasteiger partial charge in [0.25, 0.3) is 0 Å². The summed E-state index contributed by atoms with van der Waals surface area (Å²) in [4.78, 5) is 11.5. The van der Waals surface area contributed by atoms with Crippen molar-refractivity contribution in [2.75, 3.05) is 0 Å². The first kappa shape index (κ1) is 12.7. The van der Waals surface area contributed by atoms with E-state index < -0.39 is 5.97 Å². The summed E-state index contributed by atoms with van der Waals surface area (Å²) in [6.07, 6.45) is 4.33. The maximum absolute atomic E-state index is 11.5. The van der Waals surface area contributed by atoms with Gasteiger partial charge in [-0.05, 0) is 31.7 Å². The van der Waals surface area contributed by atoms with Gasteiger partial charge in [0.15, 0.2) is 0 Å². The lowest BCUT2D eigenvalue weighted by Crippen LogP contribution is -2.28. The summed E-state index contributed by atoms with van der Waals surface area (Å²) in [6, 6.07) is 10.3. The first-order valence-corrected chi connectivity index (χ1v) is 6.49. The highest BCUT2D eigenvalue weighted by atomic mass is 16.5. The second-order valence-corrected chi connectivity index (χ2v) is 4.62. The van der Waals surface area contributed by atoms with E-state index >= 15 is 0 Å². The van der Waals surface area contributed by atoms with Crippen LogP contribution in [0, 0.1) is 11.8 Å². The fourth-order valence-electron chi connectivity index (χ4n) is 2.59. The minimum atomic E-state index is -0.398. The van der Waals surface area contributed by atoms with Gasteiger partial charge in [-0.3, -0.25) is 0 Å². The van der Waals surface area contributed by atoms with E-state index in [0.29, 0.717) is 5.92 Å². The standard InChI is InChI=1S/C16H18O2/c1-2-8-16(17)18-15-12-7-6-11-14(15)13-9-4-3-5-10-13/h3-5,9-10,14-15H,6-7,11-12H2,1H3/t14-,15+/m1/s1. The lowest BCUT2D eigenvalue weighted by atomic mass is 9.81. The van der Waals surface area contributed by atoms with Crippen molar-refractivity contribution in [2.24, 2.45) is 0 Å². The predicted octanol–water partition coefficient (Wildman–Crippen LogP) is 3.28. The zero-order valence-corrected chi connectivity index (χ0v) is 10.7. The van der Waals surface area contributed by atoms with Crippen LogP contribution in [0.15, 0.2) is 30.3 Å². The van der Waals surface area contributed by atoms with E-state index in [-0.39, 0.29) is 6.10 Å². The van der Waals surface area contributed by atoms with E-state index in [4.69, 9.17) is 4.74 Å². The Hall–Kier alpha value is -1.75. The van der Waals surface area contributed by atoms with Crippen molar-refractivity contribution < 1.29 is 9.53 Å². The Kier molecular flexibility index (Phi) is 4.41. The molecule has 2 atom stereocenters. The maximum Gasteiger partial charge on any atom is 0.384 e. The van der Waals surface area contributed by atoms with Gasteiger partial charge in [0.05, 0.1) is 0 Å². The highest BCUT2D eigenvalue weighted by Gasteiger charge is 2.29. The summed E-state index contributed by atoms with van der Waals surface area (Å²) in [5.74, 6) is 4.96. The van der Waals surface area contributed by atoms with Gasteiger partial charge in [-0.15, -0.1) is 0 Å². The lowest BCUT2D eigenvalue weighted by Gasteiger charge is -2.30. The molecule has 2 nitrogen and oxygen atoms in total. The number of rotatable bonds is 2. The Balaban J connectivity index is 2.10. The van der Waals surface area contributed by atoms with Crippen molar-refractivity contribution in [3.63, 3.8) is 0 Å². The van der Waals surface area contributed by atoms with Crippen molar-refractivity contribution in [1.29, 1.82) is 0 Å². The molecule has 1 fully saturated rings. The van der Waals surface area contributed by atoms with E-state index in [9.17, 15) is 4.79 Å². The van der Waals surface area contributed by atoms with Crippen LogP contribution < -0.4 is 0 Å². The van der Waals surface area contributed by atoms with Gasteiger partial charge in [0.1, 0.15) is 6.10 Å². The predicted molar refractivity (Wildman–Crippen MR) is 71.0 cm³/mol. The molecule has 0 radical (unpaired) electrons. The number of hydrogen-bond donors (Lipinski definition) is 0. The number of hydrogen-bond acceptors (Lipinski definition) is 2. The molecule has 0 saturated heterocycles.